The molecule has 0 spiro atoms. The van der Waals surface area contributed by atoms with E-state index in [-0.39, 0.29) is 0 Å². The molecular weight excluding hydrogens is 258 g/mol. The van der Waals surface area contributed by atoms with Gasteiger partial charge in [-0.15, -0.1) is 0 Å². The third-order valence-corrected chi connectivity index (χ3v) is 5.64. The Morgan fingerprint density at radius 2 is 1.90 bits per heavy atom. The third kappa shape index (κ3) is 4.43. The van der Waals surface area contributed by atoms with Crippen molar-refractivity contribution in [3.63, 3.8) is 0 Å². The van der Waals surface area contributed by atoms with Crippen LogP contribution >= 0.6 is 0 Å². The molecule has 2 fully saturated rings. The second-order valence-corrected chi connectivity index (χ2v) is 8.72. The van der Waals surface area contributed by atoms with Crippen molar-refractivity contribution in [2.45, 2.75) is 72.0 Å². The van der Waals surface area contributed by atoms with Crippen LogP contribution in [0.3, 0.4) is 0 Å². The van der Waals surface area contributed by atoms with E-state index in [2.05, 4.69) is 56.8 Å². The fourth-order valence-corrected chi connectivity index (χ4v) is 3.92. The van der Waals surface area contributed by atoms with Gasteiger partial charge < -0.3 is 10.2 Å². The summed E-state index contributed by atoms with van der Waals surface area (Å²) in [5.41, 5.74) is 0.346. The Labute approximate surface area is 132 Å². The molecule has 2 rings (SSSR count). The normalized spacial score (nSPS) is 33.6. The number of nitrogens with one attached hydrogen (secondary N) is 1. The average molecular weight is 296 g/mol. The molecule has 2 saturated heterocycles. The minimum absolute atomic E-state index is 0.346. The van der Waals surface area contributed by atoms with Gasteiger partial charge in [-0.1, -0.05) is 41.0 Å². The summed E-state index contributed by atoms with van der Waals surface area (Å²) in [4.78, 5) is 5.39. The maximum atomic E-state index is 3.81. The summed E-state index contributed by atoms with van der Waals surface area (Å²) >= 11 is 0. The van der Waals surface area contributed by atoms with E-state index in [0.717, 1.165) is 18.5 Å². The largest absolute Gasteiger partial charge is 0.311 e. The van der Waals surface area contributed by atoms with Gasteiger partial charge in [0.05, 0.1) is 0 Å². The zero-order chi connectivity index (χ0) is 15.6. The molecule has 0 aromatic heterocycles. The molecule has 2 heterocycles. The minimum Gasteiger partial charge on any atom is -0.311 e. The number of piperazine rings is 1. The van der Waals surface area contributed by atoms with Crippen molar-refractivity contribution in [2.24, 2.45) is 11.3 Å². The second kappa shape index (κ2) is 6.97. The number of rotatable bonds is 3. The first-order chi connectivity index (χ1) is 9.79. The second-order valence-electron chi connectivity index (χ2n) is 8.72. The third-order valence-electron chi connectivity index (χ3n) is 5.64. The first kappa shape index (κ1) is 17.2. The van der Waals surface area contributed by atoms with Crippen molar-refractivity contribution in [3.8, 4) is 0 Å². The number of likely N-dealkylation sites (N-methyl/N-ethyl adjacent to an activating group) is 1. The first-order valence-electron chi connectivity index (χ1n) is 8.96. The highest BCUT2D eigenvalue weighted by Crippen LogP contribution is 2.27. The predicted octanol–water partition coefficient (Wildman–Crippen LogP) is 2.82. The molecule has 0 saturated carbocycles. The Bertz CT molecular complexity index is 321. The smallest absolute Gasteiger partial charge is 0.0245 e. The van der Waals surface area contributed by atoms with Gasteiger partial charge in [-0.05, 0) is 37.8 Å². The van der Waals surface area contributed by atoms with Gasteiger partial charge in [-0.3, -0.25) is 4.90 Å². The minimum atomic E-state index is 0.346. The van der Waals surface area contributed by atoms with Crippen molar-refractivity contribution >= 4 is 0 Å². The summed E-state index contributed by atoms with van der Waals surface area (Å²) in [5, 5.41) is 3.81. The lowest BCUT2D eigenvalue weighted by Gasteiger charge is -2.48. The van der Waals surface area contributed by atoms with E-state index >= 15 is 0 Å². The van der Waals surface area contributed by atoms with Crippen molar-refractivity contribution in [2.75, 3.05) is 33.2 Å². The quantitative estimate of drug-likeness (QED) is 0.864. The maximum absolute atomic E-state index is 3.81. The van der Waals surface area contributed by atoms with E-state index in [1.54, 1.807) is 0 Å². The SMILES string of the molecule is CC(C)C1CNC(C(C)(C)C)CN1CC1CCCCN1C. The van der Waals surface area contributed by atoms with Crippen molar-refractivity contribution in [1.82, 2.24) is 15.1 Å². The molecule has 2 aliphatic rings. The lowest BCUT2D eigenvalue weighted by Crippen LogP contribution is -2.63. The van der Waals surface area contributed by atoms with Crippen LogP contribution in [-0.2, 0) is 0 Å². The summed E-state index contributed by atoms with van der Waals surface area (Å²) in [6.07, 6.45) is 4.17. The van der Waals surface area contributed by atoms with E-state index in [1.165, 1.54) is 38.9 Å². The van der Waals surface area contributed by atoms with Gasteiger partial charge in [-0.25, -0.2) is 0 Å². The molecule has 3 heteroatoms. The molecule has 21 heavy (non-hydrogen) atoms. The average Bonchev–Trinajstić information content (AvgIpc) is 2.40. The maximum Gasteiger partial charge on any atom is 0.0245 e. The Morgan fingerprint density at radius 1 is 1.19 bits per heavy atom. The number of piperidine rings is 1. The van der Waals surface area contributed by atoms with Crippen LogP contribution in [0, 0.1) is 11.3 Å². The van der Waals surface area contributed by atoms with Crippen LogP contribution in [0.2, 0.25) is 0 Å². The molecule has 0 bridgehead atoms. The van der Waals surface area contributed by atoms with Crippen LogP contribution in [0.15, 0.2) is 0 Å². The van der Waals surface area contributed by atoms with Crippen molar-refractivity contribution < 1.29 is 0 Å². The Hall–Kier alpha value is -0.120. The molecule has 1 N–H and O–H groups in total. The van der Waals surface area contributed by atoms with Crippen LogP contribution in [0.5, 0.6) is 0 Å². The molecule has 3 atom stereocenters. The topological polar surface area (TPSA) is 18.5 Å². The van der Waals surface area contributed by atoms with E-state index in [4.69, 9.17) is 0 Å². The highest BCUT2D eigenvalue weighted by atomic mass is 15.3. The van der Waals surface area contributed by atoms with E-state index in [1.807, 2.05) is 0 Å². The fraction of sp³-hybridized carbons (Fsp3) is 1.00. The lowest BCUT2D eigenvalue weighted by atomic mass is 9.83. The first-order valence-corrected chi connectivity index (χ1v) is 8.96. The number of likely N-dealkylation sites (tertiary alicyclic amines) is 1. The van der Waals surface area contributed by atoms with Gasteiger partial charge in [-0.2, -0.15) is 0 Å². The van der Waals surface area contributed by atoms with E-state index in [0.29, 0.717) is 17.5 Å². The molecule has 0 radical (unpaired) electrons. The molecule has 0 aliphatic carbocycles. The molecule has 0 amide bonds. The van der Waals surface area contributed by atoms with Crippen LogP contribution < -0.4 is 5.32 Å². The van der Waals surface area contributed by atoms with Gasteiger partial charge in [0, 0.05) is 37.8 Å². The van der Waals surface area contributed by atoms with Crippen LogP contribution in [0.1, 0.15) is 53.9 Å². The van der Waals surface area contributed by atoms with Crippen molar-refractivity contribution in [1.29, 1.82) is 0 Å². The van der Waals surface area contributed by atoms with Crippen molar-refractivity contribution in [3.05, 3.63) is 0 Å². The molecule has 2 aliphatic heterocycles. The van der Waals surface area contributed by atoms with Crippen LogP contribution in [0.25, 0.3) is 0 Å². The number of hydrogen-bond donors (Lipinski definition) is 1. The Morgan fingerprint density at radius 3 is 2.48 bits per heavy atom. The zero-order valence-electron chi connectivity index (χ0n) is 15.2. The predicted molar refractivity (Wildman–Crippen MR) is 91.7 cm³/mol. The highest BCUT2D eigenvalue weighted by molar-refractivity contribution is 4.94. The molecule has 0 aromatic carbocycles. The van der Waals surface area contributed by atoms with Gasteiger partial charge >= 0.3 is 0 Å². The molecule has 124 valence electrons. The molecule has 3 nitrogen and oxygen atoms in total. The summed E-state index contributed by atoms with van der Waals surface area (Å²) in [6, 6.07) is 2.07. The van der Waals surface area contributed by atoms with Gasteiger partial charge in [0.25, 0.3) is 0 Å². The summed E-state index contributed by atoms with van der Waals surface area (Å²) in [7, 11) is 2.32. The van der Waals surface area contributed by atoms with E-state index in [9.17, 15) is 0 Å². The fourth-order valence-electron chi connectivity index (χ4n) is 3.92. The summed E-state index contributed by atoms with van der Waals surface area (Å²) in [6.45, 7) is 16.7. The summed E-state index contributed by atoms with van der Waals surface area (Å²) < 4.78 is 0. The molecular formula is C18H37N3. The van der Waals surface area contributed by atoms with Crippen LogP contribution in [-0.4, -0.2) is 61.2 Å². The van der Waals surface area contributed by atoms with Gasteiger partial charge in [0.2, 0.25) is 0 Å². The molecule has 0 aromatic rings. The standard InChI is InChI=1S/C18H37N3/c1-14(2)16-11-19-17(18(3,4)5)13-21(16)12-15-9-7-8-10-20(15)6/h14-17,19H,7-13H2,1-6H3. The lowest BCUT2D eigenvalue weighted by molar-refractivity contribution is 0.0327. The van der Waals surface area contributed by atoms with Gasteiger partial charge in [0.1, 0.15) is 0 Å². The van der Waals surface area contributed by atoms with Crippen LogP contribution in [0.4, 0.5) is 0 Å². The highest BCUT2D eigenvalue weighted by Gasteiger charge is 2.36. The monoisotopic (exact) mass is 295 g/mol. The number of nitrogens with zero attached hydrogens (tertiary/aromatic N) is 2. The Balaban J connectivity index is 2.03. The summed E-state index contributed by atoms with van der Waals surface area (Å²) in [5.74, 6) is 0.729. The molecule has 3 unspecified atom stereocenters. The van der Waals surface area contributed by atoms with Gasteiger partial charge in [0.15, 0.2) is 0 Å². The number of hydrogen-bond acceptors (Lipinski definition) is 3. The zero-order valence-corrected chi connectivity index (χ0v) is 15.2. The Kier molecular flexibility index (Phi) is 5.72. The van der Waals surface area contributed by atoms with E-state index < -0.39 is 0 Å².